The zero-order valence-electron chi connectivity index (χ0n) is 10.7. The van der Waals surface area contributed by atoms with Crippen molar-refractivity contribution in [2.45, 2.75) is 13.3 Å². The van der Waals surface area contributed by atoms with Crippen LogP contribution in [-0.4, -0.2) is 11.9 Å². The van der Waals surface area contributed by atoms with Gasteiger partial charge in [-0.15, -0.1) is 0 Å². The van der Waals surface area contributed by atoms with E-state index in [4.69, 9.17) is 9.15 Å². The molecule has 1 aromatic heterocycles. The third-order valence-electron chi connectivity index (χ3n) is 2.46. The van der Waals surface area contributed by atoms with E-state index in [1.807, 2.05) is 0 Å². The number of ether oxygens (including phenoxy) is 1. The van der Waals surface area contributed by atoms with E-state index in [9.17, 15) is 9.59 Å². The molecule has 2 aromatic rings. The van der Waals surface area contributed by atoms with Crippen molar-refractivity contribution < 1.29 is 18.7 Å². The highest BCUT2D eigenvalue weighted by Crippen LogP contribution is 2.25. The number of hydrogen-bond acceptors (Lipinski definition) is 4. The van der Waals surface area contributed by atoms with Crippen LogP contribution in [0.25, 0.3) is 0 Å². The minimum absolute atomic E-state index is 0.0773. The van der Waals surface area contributed by atoms with Gasteiger partial charge < -0.3 is 14.5 Å². The lowest BCUT2D eigenvalue weighted by Gasteiger charge is -2.09. The maximum atomic E-state index is 11.9. The number of halogens is 1. The number of nitrogens with one attached hydrogen (secondary N) is 1. The summed E-state index contributed by atoms with van der Waals surface area (Å²) < 4.78 is 10.8. The van der Waals surface area contributed by atoms with Crippen LogP contribution >= 0.6 is 15.9 Å². The van der Waals surface area contributed by atoms with Gasteiger partial charge in [0.2, 0.25) is 11.7 Å². The lowest BCUT2D eigenvalue weighted by atomic mass is 10.3. The largest absolute Gasteiger partial charge is 0.442 e. The number of furan rings is 1. The quantitative estimate of drug-likeness (QED) is 0.683. The molecule has 5 nitrogen and oxygen atoms in total. The molecule has 0 saturated heterocycles. The average molecular weight is 338 g/mol. The van der Waals surface area contributed by atoms with Crippen molar-refractivity contribution in [3.8, 4) is 5.75 Å². The summed E-state index contributed by atoms with van der Waals surface area (Å²) in [5, 5.41) is 2.67. The average Bonchev–Trinajstić information content (AvgIpc) is 2.87. The topological polar surface area (TPSA) is 68.5 Å². The second-order valence-electron chi connectivity index (χ2n) is 3.89. The van der Waals surface area contributed by atoms with E-state index >= 15 is 0 Å². The SMILES string of the molecule is CCC(=O)Nc1ccccc1OC(=O)c1ccc(Br)o1. The Morgan fingerprint density at radius 3 is 2.65 bits per heavy atom. The fourth-order valence-electron chi connectivity index (χ4n) is 1.47. The first-order chi connectivity index (χ1) is 9.60. The Labute approximate surface area is 124 Å². The summed E-state index contributed by atoms with van der Waals surface area (Å²) in [6.07, 6.45) is 0.341. The molecule has 104 valence electrons. The lowest BCUT2D eigenvalue weighted by Crippen LogP contribution is -2.13. The first-order valence-electron chi connectivity index (χ1n) is 5.96. The van der Waals surface area contributed by atoms with Crippen LogP contribution in [0, 0.1) is 0 Å². The van der Waals surface area contributed by atoms with Gasteiger partial charge in [-0.05, 0) is 40.2 Å². The van der Waals surface area contributed by atoms with Crippen LogP contribution in [0.5, 0.6) is 5.75 Å². The van der Waals surface area contributed by atoms with Crippen molar-refractivity contribution in [1.82, 2.24) is 0 Å². The van der Waals surface area contributed by atoms with Gasteiger partial charge in [-0.2, -0.15) is 0 Å². The summed E-state index contributed by atoms with van der Waals surface area (Å²) in [7, 11) is 0. The number of hydrogen-bond donors (Lipinski definition) is 1. The second-order valence-corrected chi connectivity index (χ2v) is 4.67. The van der Waals surface area contributed by atoms with Crippen LogP contribution in [0.2, 0.25) is 0 Å². The minimum atomic E-state index is -0.631. The van der Waals surface area contributed by atoms with E-state index in [2.05, 4.69) is 21.2 Å². The molecule has 20 heavy (non-hydrogen) atoms. The molecular formula is C14H12BrNO4. The molecule has 0 atom stereocenters. The number of rotatable bonds is 4. The Hall–Kier alpha value is -2.08. The highest BCUT2D eigenvalue weighted by Gasteiger charge is 2.15. The number of carbonyl (C=O) groups excluding carboxylic acids is 2. The number of benzene rings is 1. The molecule has 0 radical (unpaired) electrons. The van der Waals surface area contributed by atoms with Gasteiger partial charge in [-0.25, -0.2) is 4.79 Å². The Morgan fingerprint density at radius 1 is 1.25 bits per heavy atom. The summed E-state index contributed by atoms with van der Waals surface area (Å²) in [4.78, 5) is 23.3. The Balaban J connectivity index is 2.16. The van der Waals surface area contributed by atoms with E-state index < -0.39 is 5.97 Å². The first-order valence-corrected chi connectivity index (χ1v) is 6.76. The highest BCUT2D eigenvalue weighted by atomic mass is 79.9. The van der Waals surface area contributed by atoms with Gasteiger partial charge in [0.05, 0.1) is 5.69 Å². The van der Waals surface area contributed by atoms with Crippen molar-refractivity contribution >= 4 is 33.5 Å². The van der Waals surface area contributed by atoms with Crippen molar-refractivity contribution in [1.29, 1.82) is 0 Å². The number of para-hydroxylation sites is 2. The van der Waals surface area contributed by atoms with Crippen molar-refractivity contribution in [2.24, 2.45) is 0 Å². The fourth-order valence-corrected chi connectivity index (χ4v) is 1.78. The van der Waals surface area contributed by atoms with Gasteiger partial charge in [0, 0.05) is 6.42 Å². The third-order valence-corrected chi connectivity index (χ3v) is 2.89. The fraction of sp³-hybridized carbons (Fsp3) is 0.143. The summed E-state index contributed by atoms with van der Waals surface area (Å²) in [6, 6.07) is 9.81. The summed E-state index contributed by atoms with van der Waals surface area (Å²) >= 11 is 3.11. The van der Waals surface area contributed by atoms with Crippen LogP contribution in [0.15, 0.2) is 45.5 Å². The van der Waals surface area contributed by atoms with Crippen LogP contribution in [0.4, 0.5) is 5.69 Å². The van der Waals surface area contributed by atoms with Crippen LogP contribution in [-0.2, 0) is 4.79 Å². The zero-order valence-corrected chi connectivity index (χ0v) is 12.3. The monoisotopic (exact) mass is 337 g/mol. The molecule has 0 unspecified atom stereocenters. The van der Waals surface area contributed by atoms with E-state index in [-0.39, 0.29) is 17.4 Å². The molecule has 1 aromatic carbocycles. The number of anilines is 1. The zero-order chi connectivity index (χ0) is 14.5. The Bertz CT molecular complexity index is 636. The highest BCUT2D eigenvalue weighted by molar-refractivity contribution is 9.10. The minimum Gasteiger partial charge on any atom is -0.442 e. The smallest absolute Gasteiger partial charge is 0.379 e. The van der Waals surface area contributed by atoms with E-state index in [0.717, 1.165) is 0 Å². The van der Waals surface area contributed by atoms with Crippen molar-refractivity contribution in [2.75, 3.05) is 5.32 Å². The molecule has 0 saturated carbocycles. The Morgan fingerprint density at radius 2 is 2.00 bits per heavy atom. The third kappa shape index (κ3) is 3.48. The molecule has 0 spiro atoms. The van der Waals surface area contributed by atoms with Crippen molar-refractivity contribution in [3.63, 3.8) is 0 Å². The van der Waals surface area contributed by atoms with Crippen LogP contribution in [0.1, 0.15) is 23.9 Å². The standard InChI is InChI=1S/C14H12BrNO4/c1-2-13(17)16-9-5-3-4-6-10(9)20-14(18)11-7-8-12(15)19-11/h3-8H,2H2,1H3,(H,16,17). The van der Waals surface area contributed by atoms with E-state index in [0.29, 0.717) is 16.8 Å². The first kappa shape index (κ1) is 14.3. The van der Waals surface area contributed by atoms with Gasteiger partial charge >= 0.3 is 5.97 Å². The predicted octanol–water partition coefficient (Wildman–Crippen LogP) is 3.61. The molecule has 1 N–H and O–H groups in total. The lowest BCUT2D eigenvalue weighted by molar-refractivity contribution is -0.115. The maximum absolute atomic E-state index is 11.9. The van der Waals surface area contributed by atoms with Crippen LogP contribution < -0.4 is 10.1 Å². The van der Waals surface area contributed by atoms with Gasteiger partial charge in [0.1, 0.15) is 0 Å². The van der Waals surface area contributed by atoms with E-state index in [1.165, 1.54) is 6.07 Å². The molecule has 0 aliphatic rings. The molecule has 6 heteroatoms. The normalized spacial score (nSPS) is 10.1. The molecule has 0 fully saturated rings. The molecule has 2 rings (SSSR count). The molecule has 0 aliphatic heterocycles. The Kier molecular flexibility index (Phi) is 4.57. The molecule has 1 amide bonds. The van der Waals surface area contributed by atoms with Crippen molar-refractivity contribution in [3.05, 3.63) is 46.8 Å². The molecule has 1 heterocycles. The number of carbonyl (C=O) groups is 2. The second kappa shape index (κ2) is 6.38. The van der Waals surface area contributed by atoms with E-state index in [1.54, 1.807) is 37.3 Å². The van der Waals surface area contributed by atoms with Gasteiger partial charge in [0.15, 0.2) is 10.4 Å². The summed E-state index contributed by atoms with van der Waals surface area (Å²) in [5.74, 6) is -0.441. The molecular weight excluding hydrogens is 326 g/mol. The number of amides is 1. The maximum Gasteiger partial charge on any atom is 0.379 e. The van der Waals surface area contributed by atoms with Gasteiger partial charge in [-0.1, -0.05) is 19.1 Å². The summed E-state index contributed by atoms with van der Waals surface area (Å²) in [5.41, 5.74) is 0.443. The van der Waals surface area contributed by atoms with Crippen LogP contribution in [0.3, 0.4) is 0 Å². The summed E-state index contributed by atoms with van der Waals surface area (Å²) in [6.45, 7) is 1.74. The van der Waals surface area contributed by atoms with Gasteiger partial charge in [-0.3, -0.25) is 4.79 Å². The predicted molar refractivity (Wildman–Crippen MR) is 76.7 cm³/mol. The molecule has 0 aliphatic carbocycles. The molecule has 0 bridgehead atoms. The number of esters is 1. The van der Waals surface area contributed by atoms with Gasteiger partial charge in [0.25, 0.3) is 0 Å².